The minimum atomic E-state index is -0.576. The topological polar surface area (TPSA) is 38.9 Å². The van der Waals surface area contributed by atoms with Crippen LogP contribution < -0.4 is 5.73 Å². The fourth-order valence-corrected chi connectivity index (χ4v) is 2.31. The van der Waals surface area contributed by atoms with E-state index in [1.165, 1.54) is 0 Å². The van der Waals surface area contributed by atoms with E-state index in [1.54, 1.807) is 6.07 Å². The molecule has 2 aromatic rings. The smallest absolute Gasteiger partial charge is 0.150 e. The summed E-state index contributed by atoms with van der Waals surface area (Å²) >= 11 is 2.96. The maximum absolute atomic E-state index is 13.9. The third kappa shape index (κ3) is 2.32. The van der Waals surface area contributed by atoms with Gasteiger partial charge in [-0.05, 0) is 40.4 Å². The summed E-state index contributed by atoms with van der Waals surface area (Å²) in [4.78, 5) is 4.16. The molecule has 18 heavy (non-hydrogen) atoms. The van der Waals surface area contributed by atoms with Gasteiger partial charge in [-0.1, -0.05) is 13.8 Å². The van der Waals surface area contributed by atoms with Crippen molar-refractivity contribution >= 4 is 32.5 Å². The Balaban J connectivity index is 2.73. The molecule has 0 atom stereocenters. The van der Waals surface area contributed by atoms with Crippen LogP contribution in [0.25, 0.3) is 10.9 Å². The molecule has 0 bridgehead atoms. The van der Waals surface area contributed by atoms with Crippen molar-refractivity contribution in [3.63, 3.8) is 0 Å². The lowest BCUT2D eigenvalue weighted by atomic mass is 10.1. The predicted molar refractivity (Wildman–Crippen MR) is 72.3 cm³/mol. The zero-order valence-electron chi connectivity index (χ0n) is 10.1. The van der Waals surface area contributed by atoms with Crippen LogP contribution in [-0.4, -0.2) is 4.98 Å². The quantitative estimate of drug-likeness (QED) is 0.849. The number of pyridine rings is 1. The molecule has 0 amide bonds. The van der Waals surface area contributed by atoms with Crippen LogP contribution in [0.4, 0.5) is 14.5 Å². The Morgan fingerprint density at radius 3 is 2.61 bits per heavy atom. The third-order valence-corrected chi connectivity index (χ3v) is 3.21. The van der Waals surface area contributed by atoms with E-state index in [4.69, 9.17) is 5.73 Å². The van der Waals surface area contributed by atoms with Crippen molar-refractivity contribution in [2.75, 3.05) is 5.73 Å². The normalized spacial score (nSPS) is 11.4. The molecule has 96 valence electrons. The number of nitrogens with two attached hydrogens (primary N) is 1. The first-order valence-electron chi connectivity index (χ1n) is 5.62. The van der Waals surface area contributed by atoms with Gasteiger partial charge in [0.1, 0.15) is 11.3 Å². The molecule has 0 aliphatic carbocycles. The van der Waals surface area contributed by atoms with Crippen LogP contribution >= 0.6 is 15.9 Å². The van der Waals surface area contributed by atoms with Gasteiger partial charge in [0.05, 0.1) is 9.86 Å². The second-order valence-corrected chi connectivity index (χ2v) is 5.53. The minimum Gasteiger partial charge on any atom is -0.398 e. The average Bonchev–Trinajstić information content (AvgIpc) is 2.24. The van der Waals surface area contributed by atoms with Crippen molar-refractivity contribution in [3.8, 4) is 0 Å². The second-order valence-electron chi connectivity index (χ2n) is 4.68. The lowest BCUT2D eigenvalue weighted by Gasteiger charge is -2.10. The summed E-state index contributed by atoms with van der Waals surface area (Å²) in [7, 11) is 0. The van der Waals surface area contributed by atoms with Gasteiger partial charge in [0.15, 0.2) is 5.82 Å². The molecule has 1 heterocycles. The highest BCUT2D eigenvalue weighted by Crippen LogP contribution is 2.31. The first-order valence-corrected chi connectivity index (χ1v) is 6.42. The SMILES string of the molecule is CC(C)Cc1cc(N)c2c(F)c(Br)cc(F)c2n1. The number of nitrogens with zero attached hydrogens (tertiary/aromatic N) is 1. The van der Waals surface area contributed by atoms with Gasteiger partial charge in [-0.25, -0.2) is 13.8 Å². The Labute approximate surface area is 112 Å². The van der Waals surface area contributed by atoms with Crippen LogP contribution in [0.2, 0.25) is 0 Å². The molecule has 0 fully saturated rings. The molecule has 0 spiro atoms. The predicted octanol–water partition coefficient (Wildman–Crippen LogP) is 4.06. The van der Waals surface area contributed by atoms with Crippen LogP contribution in [0, 0.1) is 17.6 Å². The van der Waals surface area contributed by atoms with E-state index >= 15 is 0 Å². The molecule has 0 saturated heterocycles. The molecule has 2 N–H and O–H groups in total. The van der Waals surface area contributed by atoms with E-state index in [0.717, 1.165) is 6.07 Å². The number of hydrogen-bond acceptors (Lipinski definition) is 2. The number of benzene rings is 1. The Kier molecular flexibility index (Phi) is 3.52. The number of fused-ring (bicyclic) bond motifs is 1. The lowest BCUT2D eigenvalue weighted by Crippen LogP contribution is -2.02. The Bertz CT molecular complexity index is 612. The number of anilines is 1. The molecule has 0 aliphatic heterocycles. The van der Waals surface area contributed by atoms with E-state index in [0.29, 0.717) is 18.0 Å². The number of halogens is 3. The standard InChI is InChI=1S/C13H13BrF2N2/c1-6(2)3-7-4-10(17)11-12(16)8(14)5-9(15)13(11)18-7/h4-6H,3H2,1-2H3,(H2,17,18). The Hall–Kier alpha value is -1.23. The highest BCUT2D eigenvalue weighted by atomic mass is 79.9. The number of aromatic nitrogens is 1. The van der Waals surface area contributed by atoms with Crippen molar-refractivity contribution in [1.29, 1.82) is 0 Å². The molecule has 0 unspecified atom stereocenters. The third-order valence-electron chi connectivity index (χ3n) is 2.63. The monoisotopic (exact) mass is 314 g/mol. The van der Waals surface area contributed by atoms with Crippen LogP contribution in [0.1, 0.15) is 19.5 Å². The summed E-state index contributed by atoms with van der Waals surface area (Å²) in [6, 6.07) is 2.68. The first-order chi connectivity index (χ1) is 8.40. The molecule has 2 nitrogen and oxygen atoms in total. The van der Waals surface area contributed by atoms with Crippen molar-refractivity contribution in [2.24, 2.45) is 5.92 Å². The van der Waals surface area contributed by atoms with E-state index in [-0.39, 0.29) is 21.1 Å². The fourth-order valence-electron chi connectivity index (χ4n) is 1.91. The van der Waals surface area contributed by atoms with Gasteiger partial charge >= 0.3 is 0 Å². The van der Waals surface area contributed by atoms with Crippen LogP contribution in [0.5, 0.6) is 0 Å². The molecule has 5 heteroatoms. The van der Waals surface area contributed by atoms with E-state index in [1.807, 2.05) is 13.8 Å². The minimum absolute atomic E-state index is 0.00801. The van der Waals surface area contributed by atoms with Gasteiger partial charge in [0, 0.05) is 11.4 Å². The molecule has 2 rings (SSSR count). The maximum atomic E-state index is 13.9. The summed E-state index contributed by atoms with van der Waals surface area (Å²) in [5.74, 6) is -0.777. The number of rotatable bonds is 2. The van der Waals surface area contributed by atoms with Crippen LogP contribution in [-0.2, 0) is 6.42 Å². The van der Waals surface area contributed by atoms with Crippen molar-refractivity contribution in [1.82, 2.24) is 4.98 Å². The molecule has 0 radical (unpaired) electrons. The summed E-state index contributed by atoms with van der Waals surface area (Å²) in [6.45, 7) is 4.06. The van der Waals surface area contributed by atoms with Gasteiger partial charge in [-0.2, -0.15) is 0 Å². The van der Waals surface area contributed by atoms with Gasteiger partial charge in [0.25, 0.3) is 0 Å². The molecule has 1 aromatic heterocycles. The lowest BCUT2D eigenvalue weighted by molar-refractivity contribution is 0.606. The maximum Gasteiger partial charge on any atom is 0.150 e. The molecule has 0 saturated carbocycles. The molecular formula is C13H13BrF2N2. The molecular weight excluding hydrogens is 302 g/mol. The van der Waals surface area contributed by atoms with Gasteiger partial charge < -0.3 is 5.73 Å². The summed E-state index contributed by atoms with van der Waals surface area (Å²) < 4.78 is 27.8. The summed E-state index contributed by atoms with van der Waals surface area (Å²) in [6.07, 6.45) is 0.678. The zero-order valence-corrected chi connectivity index (χ0v) is 11.7. The molecule has 0 aliphatic rings. The summed E-state index contributed by atoms with van der Waals surface area (Å²) in [5.41, 5.74) is 6.69. The highest BCUT2D eigenvalue weighted by Gasteiger charge is 2.16. The largest absolute Gasteiger partial charge is 0.398 e. The average molecular weight is 315 g/mol. The van der Waals surface area contributed by atoms with Gasteiger partial charge in [-0.15, -0.1) is 0 Å². The highest BCUT2D eigenvalue weighted by molar-refractivity contribution is 9.10. The van der Waals surface area contributed by atoms with E-state index in [2.05, 4.69) is 20.9 Å². The van der Waals surface area contributed by atoms with Gasteiger partial charge in [-0.3, -0.25) is 0 Å². The molecule has 1 aromatic carbocycles. The Morgan fingerprint density at radius 1 is 1.33 bits per heavy atom. The van der Waals surface area contributed by atoms with Crippen molar-refractivity contribution < 1.29 is 8.78 Å². The fraction of sp³-hybridized carbons (Fsp3) is 0.308. The Morgan fingerprint density at radius 2 is 2.00 bits per heavy atom. The van der Waals surface area contributed by atoms with Crippen molar-refractivity contribution in [2.45, 2.75) is 20.3 Å². The van der Waals surface area contributed by atoms with Crippen molar-refractivity contribution in [3.05, 3.63) is 33.9 Å². The van der Waals surface area contributed by atoms with E-state index in [9.17, 15) is 8.78 Å². The number of hydrogen-bond donors (Lipinski definition) is 1. The summed E-state index contributed by atoms with van der Waals surface area (Å²) in [5, 5.41) is 0.0365. The number of nitrogen functional groups attached to an aromatic ring is 1. The van der Waals surface area contributed by atoms with E-state index < -0.39 is 11.6 Å². The van der Waals surface area contributed by atoms with Crippen LogP contribution in [0.3, 0.4) is 0 Å². The zero-order chi connectivity index (χ0) is 13.4. The van der Waals surface area contributed by atoms with Crippen LogP contribution in [0.15, 0.2) is 16.6 Å². The first kappa shape index (κ1) is 13.2. The second kappa shape index (κ2) is 4.80. The van der Waals surface area contributed by atoms with Gasteiger partial charge in [0.2, 0.25) is 0 Å².